The fourth-order valence-corrected chi connectivity index (χ4v) is 3.18. The van der Waals surface area contributed by atoms with E-state index in [1.54, 1.807) is 0 Å². The Hall–Kier alpha value is -2.69. The summed E-state index contributed by atoms with van der Waals surface area (Å²) in [6.07, 6.45) is 1.10. The van der Waals surface area contributed by atoms with Gasteiger partial charge in [-0.25, -0.2) is 0 Å². The standard InChI is InChI=1S/C19H20N2O3/c1-3-21(13-7-5-4-6-8-13)19(24)15-11-14-16(20-18(15)23)9-12(2)10-17(14)22/h4-8,11-12H,3,9-10H2,1-2H3,(H,20,23). The molecule has 1 unspecified atom stereocenters. The Balaban J connectivity index is 2.03. The van der Waals surface area contributed by atoms with Crippen molar-refractivity contribution in [2.24, 2.45) is 5.92 Å². The van der Waals surface area contributed by atoms with Crippen LogP contribution < -0.4 is 10.5 Å². The number of hydrogen-bond donors (Lipinski definition) is 1. The molecule has 5 heteroatoms. The van der Waals surface area contributed by atoms with Crippen LogP contribution in [0.4, 0.5) is 5.69 Å². The van der Waals surface area contributed by atoms with Crippen LogP contribution in [-0.2, 0) is 6.42 Å². The van der Waals surface area contributed by atoms with Gasteiger partial charge in [0.25, 0.3) is 11.5 Å². The van der Waals surface area contributed by atoms with Crippen LogP contribution in [0.15, 0.2) is 41.2 Å². The summed E-state index contributed by atoms with van der Waals surface area (Å²) < 4.78 is 0. The van der Waals surface area contributed by atoms with Crippen molar-refractivity contribution in [3.8, 4) is 0 Å². The molecule has 0 fully saturated rings. The normalized spacial score (nSPS) is 16.6. The SMILES string of the molecule is CCN(C(=O)c1cc2c([nH]c1=O)CC(C)CC2=O)c1ccccc1. The van der Waals surface area contributed by atoms with E-state index in [1.807, 2.05) is 44.2 Å². The number of nitrogens with zero attached hydrogens (tertiary/aromatic N) is 1. The quantitative estimate of drug-likeness (QED) is 0.944. The van der Waals surface area contributed by atoms with Gasteiger partial charge < -0.3 is 9.88 Å². The number of para-hydroxylation sites is 1. The van der Waals surface area contributed by atoms with E-state index in [0.717, 1.165) is 5.69 Å². The van der Waals surface area contributed by atoms with Gasteiger partial charge in [-0.05, 0) is 37.5 Å². The summed E-state index contributed by atoms with van der Waals surface area (Å²) in [5.74, 6) is -0.199. The zero-order chi connectivity index (χ0) is 17.3. The largest absolute Gasteiger partial charge is 0.325 e. The first-order valence-corrected chi connectivity index (χ1v) is 8.17. The minimum absolute atomic E-state index is 0.0161. The molecule has 1 aromatic heterocycles. The van der Waals surface area contributed by atoms with Crippen molar-refractivity contribution >= 4 is 17.4 Å². The molecule has 1 heterocycles. The minimum Gasteiger partial charge on any atom is -0.325 e. The maximum atomic E-state index is 12.8. The molecule has 1 aliphatic carbocycles. The number of hydrogen-bond acceptors (Lipinski definition) is 3. The first kappa shape index (κ1) is 16.2. The van der Waals surface area contributed by atoms with Crippen LogP contribution in [0.2, 0.25) is 0 Å². The number of aromatic amines is 1. The van der Waals surface area contributed by atoms with Crippen molar-refractivity contribution in [3.63, 3.8) is 0 Å². The molecule has 2 aromatic rings. The Morgan fingerprint density at radius 3 is 2.58 bits per heavy atom. The summed E-state index contributed by atoms with van der Waals surface area (Å²) in [7, 11) is 0. The number of rotatable bonds is 3. The molecule has 3 rings (SSSR count). The monoisotopic (exact) mass is 324 g/mol. The zero-order valence-electron chi connectivity index (χ0n) is 13.8. The number of nitrogens with one attached hydrogen (secondary N) is 1. The lowest BCUT2D eigenvalue weighted by molar-refractivity contribution is 0.0952. The average Bonchev–Trinajstić information content (AvgIpc) is 2.55. The van der Waals surface area contributed by atoms with Crippen molar-refractivity contribution in [1.29, 1.82) is 0 Å². The Morgan fingerprint density at radius 1 is 1.21 bits per heavy atom. The summed E-state index contributed by atoms with van der Waals surface area (Å²) in [4.78, 5) is 41.8. The third-order valence-electron chi connectivity index (χ3n) is 4.37. The average molecular weight is 324 g/mol. The second-order valence-electron chi connectivity index (χ2n) is 6.23. The van der Waals surface area contributed by atoms with Gasteiger partial charge >= 0.3 is 0 Å². The van der Waals surface area contributed by atoms with Gasteiger partial charge in [-0.1, -0.05) is 25.1 Å². The Kier molecular flexibility index (Phi) is 4.34. The van der Waals surface area contributed by atoms with Crippen molar-refractivity contribution in [3.05, 3.63) is 63.6 Å². The molecular formula is C19H20N2O3. The van der Waals surface area contributed by atoms with Crippen molar-refractivity contribution < 1.29 is 9.59 Å². The van der Waals surface area contributed by atoms with Gasteiger partial charge in [0.15, 0.2) is 5.78 Å². The summed E-state index contributed by atoms with van der Waals surface area (Å²) >= 11 is 0. The fourth-order valence-electron chi connectivity index (χ4n) is 3.18. The number of carbonyl (C=O) groups is 2. The second kappa shape index (κ2) is 6.43. The van der Waals surface area contributed by atoms with Gasteiger partial charge in [0.05, 0.1) is 0 Å². The van der Waals surface area contributed by atoms with Crippen LogP contribution >= 0.6 is 0 Å². The first-order chi connectivity index (χ1) is 11.5. The molecule has 1 N–H and O–H groups in total. The highest BCUT2D eigenvalue weighted by Crippen LogP contribution is 2.24. The van der Waals surface area contributed by atoms with Gasteiger partial charge in [-0.15, -0.1) is 0 Å². The van der Waals surface area contributed by atoms with E-state index in [2.05, 4.69) is 4.98 Å². The molecule has 5 nitrogen and oxygen atoms in total. The lowest BCUT2D eigenvalue weighted by atomic mass is 9.86. The first-order valence-electron chi connectivity index (χ1n) is 8.17. The molecule has 0 bridgehead atoms. The van der Waals surface area contributed by atoms with Crippen molar-refractivity contribution in [2.45, 2.75) is 26.7 Å². The smallest absolute Gasteiger partial charge is 0.263 e. The Labute approximate surface area is 140 Å². The molecule has 0 saturated heterocycles. The van der Waals surface area contributed by atoms with Crippen LogP contribution in [0.1, 0.15) is 46.7 Å². The van der Waals surface area contributed by atoms with Gasteiger partial charge in [0, 0.05) is 29.9 Å². The van der Waals surface area contributed by atoms with Gasteiger partial charge in [0.2, 0.25) is 0 Å². The molecule has 0 aliphatic heterocycles. The summed E-state index contributed by atoms with van der Waals surface area (Å²) in [5, 5.41) is 0. The number of aromatic nitrogens is 1. The van der Waals surface area contributed by atoms with E-state index < -0.39 is 5.56 Å². The number of benzene rings is 1. The van der Waals surface area contributed by atoms with Crippen LogP contribution in [0.25, 0.3) is 0 Å². The van der Waals surface area contributed by atoms with Crippen LogP contribution in [0, 0.1) is 5.92 Å². The number of ketones is 1. The minimum atomic E-state index is -0.435. The number of amides is 1. The third kappa shape index (κ3) is 2.89. The predicted octanol–water partition coefficient (Wildman–Crippen LogP) is 2.81. The highest BCUT2D eigenvalue weighted by Gasteiger charge is 2.27. The summed E-state index contributed by atoms with van der Waals surface area (Å²) in [5.41, 5.74) is 1.42. The van der Waals surface area contributed by atoms with Crippen molar-refractivity contribution in [2.75, 3.05) is 11.4 Å². The molecule has 0 saturated carbocycles. The van der Waals surface area contributed by atoms with Crippen LogP contribution in [0.5, 0.6) is 0 Å². The molecule has 1 aliphatic rings. The topological polar surface area (TPSA) is 70.2 Å². The maximum Gasteiger partial charge on any atom is 0.263 e. The van der Waals surface area contributed by atoms with Crippen LogP contribution in [-0.4, -0.2) is 23.2 Å². The summed E-state index contributed by atoms with van der Waals surface area (Å²) in [6, 6.07) is 10.7. The maximum absolute atomic E-state index is 12.8. The number of anilines is 1. The molecular weight excluding hydrogens is 304 g/mol. The predicted molar refractivity (Wildman–Crippen MR) is 92.7 cm³/mol. The number of Topliss-reactive ketones (excluding diaryl/α,β-unsaturated/α-hetero) is 1. The number of carbonyl (C=O) groups excluding carboxylic acids is 2. The van der Waals surface area contributed by atoms with Crippen LogP contribution in [0.3, 0.4) is 0 Å². The van der Waals surface area contributed by atoms with E-state index in [0.29, 0.717) is 30.6 Å². The van der Waals surface area contributed by atoms with E-state index in [-0.39, 0.29) is 23.2 Å². The third-order valence-corrected chi connectivity index (χ3v) is 4.37. The molecule has 1 atom stereocenters. The highest BCUT2D eigenvalue weighted by atomic mass is 16.2. The molecule has 1 aromatic carbocycles. The molecule has 24 heavy (non-hydrogen) atoms. The fraction of sp³-hybridized carbons (Fsp3) is 0.316. The zero-order valence-corrected chi connectivity index (χ0v) is 13.8. The van der Waals surface area contributed by atoms with E-state index in [1.165, 1.54) is 11.0 Å². The summed E-state index contributed by atoms with van der Waals surface area (Å²) in [6.45, 7) is 4.27. The molecule has 0 radical (unpaired) electrons. The van der Waals surface area contributed by atoms with Gasteiger partial charge in [-0.2, -0.15) is 0 Å². The van der Waals surface area contributed by atoms with Crippen molar-refractivity contribution in [1.82, 2.24) is 4.98 Å². The molecule has 0 spiro atoms. The van der Waals surface area contributed by atoms with E-state index >= 15 is 0 Å². The lowest BCUT2D eigenvalue weighted by Crippen LogP contribution is -2.36. The highest BCUT2D eigenvalue weighted by molar-refractivity contribution is 6.08. The molecule has 124 valence electrons. The number of pyridine rings is 1. The van der Waals surface area contributed by atoms with E-state index in [4.69, 9.17) is 0 Å². The molecule has 1 amide bonds. The van der Waals surface area contributed by atoms with Gasteiger partial charge in [-0.3, -0.25) is 14.4 Å². The number of fused-ring (bicyclic) bond motifs is 1. The number of H-pyrrole nitrogens is 1. The van der Waals surface area contributed by atoms with Gasteiger partial charge in [0.1, 0.15) is 5.56 Å². The Morgan fingerprint density at radius 2 is 1.92 bits per heavy atom. The Bertz CT molecular complexity index is 839. The second-order valence-corrected chi connectivity index (χ2v) is 6.23. The lowest BCUT2D eigenvalue weighted by Gasteiger charge is -2.23. The van der Waals surface area contributed by atoms with E-state index in [9.17, 15) is 14.4 Å².